The fourth-order valence-corrected chi connectivity index (χ4v) is 4.69. The summed E-state index contributed by atoms with van der Waals surface area (Å²) >= 11 is 0. The van der Waals surface area contributed by atoms with Crippen molar-refractivity contribution in [2.75, 3.05) is 18.8 Å². The zero-order valence-electron chi connectivity index (χ0n) is 13.0. The van der Waals surface area contributed by atoms with Crippen molar-refractivity contribution >= 4 is 21.9 Å². The molecule has 2 unspecified atom stereocenters. The number of nitrogens with one attached hydrogen (secondary N) is 1. The molecule has 0 spiro atoms. The van der Waals surface area contributed by atoms with Gasteiger partial charge in [0.25, 0.3) is 0 Å². The molecular weight excluding hydrogens is 308 g/mol. The molecule has 0 radical (unpaired) electrons. The van der Waals surface area contributed by atoms with Crippen LogP contribution in [0.2, 0.25) is 0 Å². The Morgan fingerprint density at radius 1 is 1.23 bits per heavy atom. The van der Waals surface area contributed by atoms with Crippen molar-refractivity contribution in [2.45, 2.75) is 39.2 Å². The zero-order valence-corrected chi connectivity index (χ0v) is 13.8. The van der Waals surface area contributed by atoms with E-state index >= 15 is 0 Å². The Balaban J connectivity index is 1.78. The number of piperidine rings is 1. The van der Waals surface area contributed by atoms with Crippen molar-refractivity contribution in [1.29, 1.82) is 0 Å². The first-order valence-electron chi connectivity index (χ1n) is 7.71. The van der Waals surface area contributed by atoms with Gasteiger partial charge in [-0.3, -0.25) is 9.59 Å². The standard InChI is InChI=1S/C14H24N2O5S/c1-9(2)8-22(20,21)16-5-3-10(4-6-16)15-13(17)11-7-12(11)14(18)19/h9-12H,3-8H2,1-2H3,(H,15,17)(H,18,19). The van der Waals surface area contributed by atoms with Crippen LogP contribution in [0.15, 0.2) is 0 Å². The fourth-order valence-electron chi connectivity index (χ4n) is 2.87. The molecule has 0 bridgehead atoms. The van der Waals surface area contributed by atoms with Gasteiger partial charge in [0.05, 0.1) is 17.6 Å². The number of hydrogen-bond acceptors (Lipinski definition) is 4. The summed E-state index contributed by atoms with van der Waals surface area (Å²) in [6.45, 7) is 4.57. The van der Waals surface area contributed by atoms with E-state index in [-0.39, 0.29) is 23.6 Å². The van der Waals surface area contributed by atoms with Crippen LogP contribution in [0.1, 0.15) is 33.1 Å². The first-order chi connectivity index (χ1) is 10.2. The van der Waals surface area contributed by atoms with Crippen molar-refractivity contribution in [3.63, 3.8) is 0 Å². The molecule has 1 aliphatic heterocycles. The number of carbonyl (C=O) groups is 2. The summed E-state index contributed by atoms with van der Waals surface area (Å²) in [5.74, 6) is -1.87. The lowest BCUT2D eigenvalue weighted by molar-refractivity contribution is -0.140. The van der Waals surface area contributed by atoms with Gasteiger partial charge < -0.3 is 10.4 Å². The summed E-state index contributed by atoms with van der Waals surface area (Å²) in [6.07, 6.45) is 1.56. The van der Waals surface area contributed by atoms with Crippen LogP contribution in [0.5, 0.6) is 0 Å². The molecule has 126 valence electrons. The maximum atomic E-state index is 12.1. The number of hydrogen-bond donors (Lipinski definition) is 2. The first-order valence-corrected chi connectivity index (χ1v) is 9.32. The lowest BCUT2D eigenvalue weighted by atomic mass is 10.1. The summed E-state index contributed by atoms with van der Waals surface area (Å²) in [4.78, 5) is 22.7. The monoisotopic (exact) mass is 332 g/mol. The molecule has 0 aromatic carbocycles. The second-order valence-corrected chi connectivity index (χ2v) is 8.65. The molecule has 1 saturated heterocycles. The highest BCUT2D eigenvalue weighted by atomic mass is 32.2. The van der Waals surface area contributed by atoms with E-state index in [9.17, 15) is 18.0 Å². The van der Waals surface area contributed by atoms with Crippen molar-refractivity contribution in [1.82, 2.24) is 9.62 Å². The van der Waals surface area contributed by atoms with E-state index in [1.54, 1.807) is 0 Å². The van der Waals surface area contributed by atoms with Crippen LogP contribution in [0.4, 0.5) is 0 Å². The van der Waals surface area contributed by atoms with Crippen molar-refractivity contribution in [3.05, 3.63) is 0 Å². The molecular formula is C14H24N2O5S. The summed E-state index contributed by atoms with van der Waals surface area (Å²) in [6, 6.07) is -0.0620. The quantitative estimate of drug-likeness (QED) is 0.727. The summed E-state index contributed by atoms with van der Waals surface area (Å²) < 4.78 is 25.8. The summed E-state index contributed by atoms with van der Waals surface area (Å²) in [5.41, 5.74) is 0. The topological polar surface area (TPSA) is 104 Å². The third kappa shape index (κ3) is 4.19. The van der Waals surface area contributed by atoms with E-state index < -0.39 is 27.8 Å². The number of carboxylic acid groups (broad SMARTS) is 1. The van der Waals surface area contributed by atoms with E-state index in [2.05, 4.69) is 5.32 Å². The molecule has 8 heteroatoms. The zero-order chi connectivity index (χ0) is 16.5. The van der Waals surface area contributed by atoms with Crippen molar-refractivity contribution < 1.29 is 23.1 Å². The van der Waals surface area contributed by atoms with E-state index in [0.717, 1.165) is 0 Å². The van der Waals surface area contributed by atoms with Crippen molar-refractivity contribution in [2.24, 2.45) is 17.8 Å². The third-order valence-corrected chi connectivity index (χ3v) is 6.42. The van der Waals surface area contributed by atoms with Gasteiger partial charge in [0.2, 0.25) is 15.9 Å². The minimum Gasteiger partial charge on any atom is -0.481 e. The molecule has 2 rings (SSSR count). The third-order valence-electron chi connectivity index (χ3n) is 4.18. The molecule has 1 saturated carbocycles. The van der Waals surface area contributed by atoms with Crippen LogP contribution in [-0.4, -0.2) is 54.6 Å². The minimum absolute atomic E-state index is 0.0620. The lowest BCUT2D eigenvalue weighted by Crippen LogP contribution is -2.47. The van der Waals surface area contributed by atoms with E-state index in [1.807, 2.05) is 13.8 Å². The van der Waals surface area contributed by atoms with Crippen LogP contribution in [0.3, 0.4) is 0 Å². The Kier molecular flexibility index (Phi) is 5.11. The average molecular weight is 332 g/mol. The molecule has 1 aliphatic carbocycles. The molecule has 1 amide bonds. The minimum atomic E-state index is -3.22. The fraction of sp³-hybridized carbons (Fsp3) is 0.857. The van der Waals surface area contributed by atoms with Crippen LogP contribution >= 0.6 is 0 Å². The second-order valence-electron chi connectivity index (χ2n) is 6.64. The van der Waals surface area contributed by atoms with Crippen LogP contribution in [0, 0.1) is 17.8 Å². The van der Waals surface area contributed by atoms with Gasteiger partial charge in [0.15, 0.2) is 0 Å². The highest BCUT2D eigenvalue weighted by molar-refractivity contribution is 7.89. The molecule has 22 heavy (non-hydrogen) atoms. The lowest BCUT2D eigenvalue weighted by Gasteiger charge is -2.32. The Labute approximate surface area is 131 Å². The van der Waals surface area contributed by atoms with E-state index in [0.29, 0.717) is 32.4 Å². The van der Waals surface area contributed by atoms with Gasteiger partial charge in [-0.25, -0.2) is 12.7 Å². The molecule has 0 aromatic rings. The number of carbonyl (C=O) groups excluding carboxylic acids is 1. The van der Waals surface area contributed by atoms with Gasteiger partial charge >= 0.3 is 5.97 Å². The van der Waals surface area contributed by atoms with Crippen LogP contribution < -0.4 is 5.32 Å². The molecule has 2 N–H and O–H groups in total. The molecule has 0 aromatic heterocycles. The number of aliphatic carboxylic acids is 1. The molecule has 2 atom stereocenters. The Hall–Kier alpha value is -1.15. The molecule has 2 aliphatic rings. The Morgan fingerprint density at radius 2 is 1.82 bits per heavy atom. The van der Waals surface area contributed by atoms with Crippen LogP contribution in [0.25, 0.3) is 0 Å². The molecule has 1 heterocycles. The summed E-state index contributed by atoms with van der Waals surface area (Å²) in [7, 11) is -3.22. The molecule has 7 nitrogen and oxygen atoms in total. The number of nitrogens with zero attached hydrogens (tertiary/aromatic N) is 1. The Morgan fingerprint density at radius 3 is 2.27 bits per heavy atom. The predicted molar refractivity (Wildman–Crippen MR) is 80.6 cm³/mol. The van der Waals surface area contributed by atoms with Gasteiger partial charge in [-0.05, 0) is 25.2 Å². The highest BCUT2D eigenvalue weighted by Crippen LogP contribution is 2.38. The highest BCUT2D eigenvalue weighted by Gasteiger charge is 2.48. The maximum Gasteiger partial charge on any atom is 0.307 e. The first kappa shape index (κ1) is 17.2. The number of carboxylic acids is 1. The Bertz CT molecular complexity index is 537. The SMILES string of the molecule is CC(C)CS(=O)(=O)N1CCC(NC(=O)C2CC2C(=O)O)CC1. The molecule has 2 fully saturated rings. The number of rotatable bonds is 6. The van der Waals surface area contributed by atoms with Gasteiger partial charge in [-0.1, -0.05) is 13.8 Å². The second kappa shape index (κ2) is 6.54. The average Bonchev–Trinajstić information content (AvgIpc) is 3.18. The van der Waals surface area contributed by atoms with Crippen molar-refractivity contribution in [3.8, 4) is 0 Å². The number of amides is 1. The normalized spacial score (nSPS) is 26.9. The number of sulfonamides is 1. The van der Waals surface area contributed by atoms with Crippen LogP contribution in [-0.2, 0) is 19.6 Å². The maximum absolute atomic E-state index is 12.1. The van der Waals surface area contributed by atoms with Gasteiger partial charge in [0, 0.05) is 19.1 Å². The predicted octanol–water partition coefficient (Wildman–Crippen LogP) is 0.274. The summed E-state index contributed by atoms with van der Waals surface area (Å²) in [5, 5.41) is 11.7. The smallest absolute Gasteiger partial charge is 0.307 e. The van der Waals surface area contributed by atoms with Gasteiger partial charge in [0.1, 0.15) is 0 Å². The van der Waals surface area contributed by atoms with Gasteiger partial charge in [-0.2, -0.15) is 0 Å². The largest absolute Gasteiger partial charge is 0.481 e. The van der Waals surface area contributed by atoms with Gasteiger partial charge in [-0.15, -0.1) is 0 Å². The van der Waals surface area contributed by atoms with E-state index in [1.165, 1.54) is 4.31 Å². The van der Waals surface area contributed by atoms with E-state index in [4.69, 9.17) is 5.11 Å².